The molecular weight excluding hydrogens is 216 g/mol. The van der Waals surface area contributed by atoms with E-state index in [0.717, 1.165) is 30.0 Å². The normalized spacial score (nSPS) is 24.9. The van der Waals surface area contributed by atoms with Gasteiger partial charge in [-0.2, -0.15) is 5.10 Å². The van der Waals surface area contributed by atoms with E-state index in [2.05, 4.69) is 10.4 Å². The molecule has 0 spiro atoms. The molecule has 4 N–H and O–H groups in total. The summed E-state index contributed by atoms with van der Waals surface area (Å²) in [7, 11) is 1.89. The van der Waals surface area contributed by atoms with Crippen LogP contribution in [0.1, 0.15) is 31.4 Å². The fourth-order valence-electron chi connectivity index (χ4n) is 2.64. The van der Waals surface area contributed by atoms with Crippen molar-refractivity contribution in [3.05, 3.63) is 5.69 Å². The van der Waals surface area contributed by atoms with Crippen LogP contribution < -0.4 is 11.1 Å². The second-order valence-electron chi connectivity index (χ2n) is 4.95. The summed E-state index contributed by atoms with van der Waals surface area (Å²) in [6.07, 6.45) is 4.61. The van der Waals surface area contributed by atoms with E-state index in [0.29, 0.717) is 12.0 Å². The lowest BCUT2D eigenvalue weighted by Gasteiger charge is -2.31. The molecule has 2 atom stereocenters. The first kappa shape index (κ1) is 12.2. The summed E-state index contributed by atoms with van der Waals surface area (Å²) in [6.45, 7) is 2.15. The van der Waals surface area contributed by atoms with Crippen molar-refractivity contribution in [2.75, 3.05) is 17.7 Å². The van der Waals surface area contributed by atoms with Crippen molar-refractivity contribution in [3.63, 3.8) is 0 Å². The second kappa shape index (κ2) is 4.96. The highest BCUT2D eigenvalue weighted by molar-refractivity contribution is 5.65. The lowest BCUT2D eigenvalue weighted by molar-refractivity contribution is 0.178. The lowest BCUT2D eigenvalue weighted by Crippen LogP contribution is -2.35. The summed E-state index contributed by atoms with van der Waals surface area (Å²) in [5, 5.41) is 17.1. The van der Waals surface area contributed by atoms with Crippen molar-refractivity contribution in [3.8, 4) is 0 Å². The van der Waals surface area contributed by atoms with E-state index in [1.165, 1.54) is 12.8 Å². The number of nitrogens with one attached hydrogen (secondary N) is 1. The van der Waals surface area contributed by atoms with Crippen molar-refractivity contribution in [1.82, 2.24) is 9.78 Å². The predicted octanol–water partition coefficient (Wildman–Crippen LogP) is 1.27. The Morgan fingerprint density at radius 1 is 1.47 bits per heavy atom. The maximum absolute atomic E-state index is 9.39. The smallest absolute Gasteiger partial charge is 0.147 e. The summed E-state index contributed by atoms with van der Waals surface area (Å²) >= 11 is 0. The Morgan fingerprint density at radius 3 is 2.76 bits per heavy atom. The van der Waals surface area contributed by atoms with Gasteiger partial charge in [-0.25, -0.2) is 0 Å². The molecule has 96 valence electrons. The van der Waals surface area contributed by atoms with Crippen molar-refractivity contribution in [2.24, 2.45) is 13.0 Å². The van der Waals surface area contributed by atoms with E-state index in [9.17, 15) is 5.11 Å². The Hall–Kier alpha value is -1.23. The van der Waals surface area contributed by atoms with E-state index in [-0.39, 0.29) is 6.61 Å². The minimum atomic E-state index is 0.244. The second-order valence-corrected chi connectivity index (χ2v) is 4.95. The Morgan fingerprint density at radius 2 is 2.18 bits per heavy atom. The van der Waals surface area contributed by atoms with Crippen LogP contribution in [-0.4, -0.2) is 27.5 Å². The number of anilines is 2. The van der Waals surface area contributed by atoms with E-state index in [1.54, 1.807) is 4.68 Å². The molecular formula is C12H22N4O. The van der Waals surface area contributed by atoms with Gasteiger partial charge >= 0.3 is 0 Å². The maximum Gasteiger partial charge on any atom is 0.147 e. The minimum Gasteiger partial charge on any atom is -0.396 e. The van der Waals surface area contributed by atoms with Gasteiger partial charge in [-0.05, 0) is 19.8 Å². The molecule has 1 aromatic heterocycles. The van der Waals surface area contributed by atoms with Gasteiger partial charge in [0.1, 0.15) is 5.82 Å². The molecule has 5 nitrogen and oxygen atoms in total. The molecule has 1 saturated carbocycles. The zero-order chi connectivity index (χ0) is 12.4. The molecule has 2 unspecified atom stereocenters. The number of rotatable bonds is 3. The van der Waals surface area contributed by atoms with Gasteiger partial charge in [-0.1, -0.05) is 12.8 Å². The van der Waals surface area contributed by atoms with Gasteiger partial charge in [0.2, 0.25) is 0 Å². The van der Waals surface area contributed by atoms with Crippen LogP contribution in [0.15, 0.2) is 0 Å². The zero-order valence-corrected chi connectivity index (χ0v) is 10.6. The summed E-state index contributed by atoms with van der Waals surface area (Å²) in [5.74, 6) is 1.21. The highest BCUT2D eigenvalue weighted by Gasteiger charge is 2.26. The van der Waals surface area contributed by atoms with E-state index in [1.807, 2.05) is 14.0 Å². The SMILES string of the molecule is Cc1nn(C)c(NC2CCCCC2CO)c1N. The van der Waals surface area contributed by atoms with Gasteiger partial charge in [0, 0.05) is 25.6 Å². The zero-order valence-electron chi connectivity index (χ0n) is 10.6. The number of hydrogen-bond acceptors (Lipinski definition) is 4. The molecule has 0 aromatic carbocycles. The van der Waals surface area contributed by atoms with Crippen LogP contribution in [0.2, 0.25) is 0 Å². The number of aryl methyl sites for hydroxylation is 2. The Bertz CT molecular complexity index is 388. The molecule has 0 aliphatic heterocycles. The monoisotopic (exact) mass is 238 g/mol. The van der Waals surface area contributed by atoms with Gasteiger partial charge in [0.25, 0.3) is 0 Å². The van der Waals surface area contributed by atoms with Crippen molar-refractivity contribution in [1.29, 1.82) is 0 Å². The number of nitrogen functional groups attached to an aromatic ring is 1. The molecule has 1 aliphatic rings. The van der Waals surface area contributed by atoms with E-state index >= 15 is 0 Å². The summed E-state index contributed by atoms with van der Waals surface area (Å²) in [5.41, 5.74) is 7.57. The van der Waals surface area contributed by atoms with Gasteiger partial charge in [0.05, 0.1) is 11.4 Å². The topological polar surface area (TPSA) is 76.1 Å². The molecule has 0 saturated heterocycles. The molecule has 1 heterocycles. The molecule has 1 aromatic rings. The Kier molecular flexibility index (Phi) is 3.57. The first-order chi connectivity index (χ1) is 8.13. The number of hydrogen-bond donors (Lipinski definition) is 3. The fourth-order valence-corrected chi connectivity index (χ4v) is 2.64. The number of nitrogens with two attached hydrogens (primary N) is 1. The average Bonchev–Trinajstić information content (AvgIpc) is 2.57. The van der Waals surface area contributed by atoms with Crippen LogP contribution in [0.4, 0.5) is 11.5 Å². The number of aromatic nitrogens is 2. The van der Waals surface area contributed by atoms with Crippen molar-refractivity contribution >= 4 is 11.5 Å². The van der Waals surface area contributed by atoms with Crippen LogP contribution in [0.25, 0.3) is 0 Å². The number of aliphatic hydroxyl groups is 1. The van der Waals surface area contributed by atoms with Crippen LogP contribution >= 0.6 is 0 Å². The standard InChI is InChI=1S/C12H22N4O/c1-8-11(13)12(16(2)15-8)14-10-6-4-3-5-9(10)7-17/h9-10,14,17H,3-7,13H2,1-2H3. The third kappa shape index (κ3) is 2.39. The fraction of sp³-hybridized carbons (Fsp3) is 0.750. The molecule has 2 rings (SSSR count). The van der Waals surface area contributed by atoms with Crippen LogP contribution in [0.3, 0.4) is 0 Å². The molecule has 5 heteroatoms. The average molecular weight is 238 g/mol. The van der Waals surface area contributed by atoms with Crippen molar-refractivity contribution in [2.45, 2.75) is 38.6 Å². The number of nitrogens with zero attached hydrogens (tertiary/aromatic N) is 2. The molecule has 1 fully saturated rings. The Balaban J connectivity index is 2.13. The van der Waals surface area contributed by atoms with Crippen LogP contribution in [0, 0.1) is 12.8 Å². The highest BCUT2D eigenvalue weighted by atomic mass is 16.3. The quantitative estimate of drug-likeness (QED) is 0.741. The number of aliphatic hydroxyl groups excluding tert-OH is 1. The van der Waals surface area contributed by atoms with E-state index < -0.39 is 0 Å². The van der Waals surface area contributed by atoms with Crippen LogP contribution in [-0.2, 0) is 7.05 Å². The van der Waals surface area contributed by atoms with E-state index in [4.69, 9.17) is 5.73 Å². The van der Waals surface area contributed by atoms with Gasteiger partial charge in [-0.3, -0.25) is 4.68 Å². The van der Waals surface area contributed by atoms with Crippen molar-refractivity contribution < 1.29 is 5.11 Å². The first-order valence-corrected chi connectivity index (χ1v) is 6.30. The largest absolute Gasteiger partial charge is 0.396 e. The predicted molar refractivity (Wildman–Crippen MR) is 68.8 cm³/mol. The summed E-state index contributed by atoms with van der Waals surface area (Å²) in [4.78, 5) is 0. The molecule has 1 aliphatic carbocycles. The molecule has 0 amide bonds. The highest BCUT2D eigenvalue weighted by Crippen LogP contribution is 2.29. The first-order valence-electron chi connectivity index (χ1n) is 6.30. The van der Waals surface area contributed by atoms with Crippen LogP contribution in [0.5, 0.6) is 0 Å². The Labute approximate surface area is 102 Å². The maximum atomic E-state index is 9.39. The third-order valence-corrected chi connectivity index (χ3v) is 3.73. The van der Waals surface area contributed by atoms with Gasteiger partial charge in [0.15, 0.2) is 0 Å². The van der Waals surface area contributed by atoms with Gasteiger partial charge in [-0.15, -0.1) is 0 Å². The summed E-state index contributed by atoms with van der Waals surface area (Å²) in [6, 6.07) is 0.311. The van der Waals surface area contributed by atoms with Gasteiger partial charge < -0.3 is 16.2 Å². The lowest BCUT2D eigenvalue weighted by atomic mass is 9.85. The molecule has 0 bridgehead atoms. The molecule has 17 heavy (non-hydrogen) atoms. The summed E-state index contributed by atoms with van der Waals surface area (Å²) < 4.78 is 1.79. The third-order valence-electron chi connectivity index (χ3n) is 3.73. The minimum absolute atomic E-state index is 0.244. The molecule has 0 radical (unpaired) electrons.